The number of aryl methyl sites for hydroxylation is 2. The van der Waals surface area contributed by atoms with Crippen LogP contribution in [0.2, 0.25) is 5.15 Å². The number of rotatable bonds is 2. The zero-order valence-corrected chi connectivity index (χ0v) is 13.2. The first-order valence-corrected chi connectivity index (χ1v) is 8.02. The van der Waals surface area contributed by atoms with Crippen molar-refractivity contribution in [1.82, 2.24) is 14.9 Å². The molecular weight excluding hydrogens is 272 g/mol. The third-order valence-electron chi connectivity index (χ3n) is 4.62. The van der Waals surface area contributed by atoms with Crippen LogP contribution in [0.5, 0.6) is 0 Å². The summed E-state index contributed by atoms with van der Waals surface area (Å²) in [5.74, 6) is 0.870. The highest BCUT2D eigenvalue weighted by Gasteiger charge is 2.30. The van der Waals surface area contributed by atoms with Gasteiger partial charge in [-0.2, -0.15) is 0 Å². The molecule has 0 radical (unpaired) electrons. The predicted octanol–water partition coefficient (Wildman–Crippen LogP) is 2.81. The Morgan fingerprint density at radius 2 is 1.70 bits per heavy atom. The summed E-state index contributed by atoms with van der Waals surface area (Å²) in [6, 6.07) is 0.662. The SMILES string of the molecule is Cc1nc(Cl)c(N2CCC(N3CCCCC3)C2)nc1C. The maximum atomic E-state index is 6.29. The molecule has 0 N–H and O–H groups in total. The minimum Gasteiger partial charge on any atom is -0.352 e. The van der Waals surface area contributed by atoms with Gasteiger partial charge in [-0.25, -0.2) is 9.97 Å². The molecule has 110 valence electrons. The molecule has 4 nitrogen and oxygen atoms in total. The summed E-state index contributed by atoms with van der Waals surface area (Å²) < 4.78 is 0. The molecular formula is C15H23ClN4. The van der Waals surface area contributed by atoms with E-state index in [0.29, 0.717) is 11.2 Å². The third kappa shape index (κ3) is 2.77. The first kappa shape index (κ1) is 14.1. The number of halogens is 1. The maximum absolute atomic E-state index is 6.29. The van der Waals surface area contributed by atoms with Crippen LogP contribution in [0.15, 0.2) is 0 Å². The van der Waals surface area contributed by atoms with Gasteiger partial charge in [0.1, 0.15) is 0 Å². The number of likely N-dealkylation sites (tertiary alicyclic amines) is 1. The monoisotopic (exact) mass is 294 g/mol. The fraction of sp³-hybridized carbons (Fsp3) is 0.733. The molecule has 0 bridgehead atoms. The second-order valence-electron chi connectivity index (χ2n) is 5.99. The Morgan fingerprint density at radius 1 is 1.00 bits per heavy atom. The minimum atomic E-state index is 0.549. The van der Waals surface area contributed by atoms with Crippen LogP contribution in [0.4, 0.5) is 5.82 Å². The Bertz CT molecular complexity index is 485. The van der Waals surface area contributed by atoms with Gasteiger partial charge in [-0.1, -0.05) is 18.0 Å². The lowest BCUT2D eigenvalue weighted by Crippen LogP contribution is -2.41. The first-order valence-electron chi connectivity index (χ1n) is 7.65. The van der Waals surface area contributed by atoms with Crippen molar-refractivity contribution in [2.24, 2.45) is 0 Å². The van der Waals surface area contributed by atoms with Crippen LogP contribution in [0, 0.1) is 13.8 Å². The number of nitrogens with zero attached hydrogens (tertiary/aromatic N) is 4. The van der Waals surface area contributed by atoms with Gasteiger partial charge in [0.05, 0.1) is 11.4 Å². The van der Waals surface area contributed by atoms with Crippen molar-refractivity contribution in [2.75, 3.05) is 31.1 Å². The van der Waals surface area contributed by atoms with E-state index >= 15 is 0 Å². The number of hydrogen-bond acceptors (Lipinski definition) is 4. The molecule has 2 aliphatic heterocycles. The third-order valence-corrected chi connectivity index (χ3v) is 4.87. The highest BCUT2D eigenvalue weighted by molar-refractivity contribution is 6.31. The smallest absolute Gasteiger partial charge is 0.171 e. The molecule has 1 aromatic rings. The molecule has 1 aromatic heterocycles. The van der Waals surface area contributed by atoms with Gasteiger partial charge in [-0.15, -0.1) is 0 Å². The summed E-state index contributed by atoms with van der Waals surface area (Å²) in [6.45, 7) is 8.55. The van der Waals surface area contributed by atoms with Crippen molar-refractivity contribution in [3.8, 4) is 0 Å². The number of piperidine rings is 1. The van der Waals surface area contributed by atoms with Gasteiger partial charge in [0.15, 0.2) is 11.0 Å². The summed E-state index contributed by atoms with van der Waals surface area (Å²) >= 11 is 6.29. The van der Waals surface area contributed by atoms with E-state index in [1.54, 1.807) is 0 Å². The van der Waals surface area contributed by atoms with Gasteiger partial charge >= 0.3 is 0 Å². The number of anilines is 1. The molecule has 1 unspecified atom stereocenters. The van der Waals surface area contributed by atoms with Crippen LogP contribution in [0.1, 0.15) is 37.1 Å². The molecule has 3 heterocycles. The lowest BCUT2D eigenvalue weighted by Gasteiger charge is -2.32. The van der Waals surface area contributed by atoms with E-state index in [-0.39, 0.29) is 0 Å². The fourth-order valence-corrected chi connectivity index (χ4v) is 3.57. The highest BCUT2D eigenvalue weighted by atomic mass is 35.5. The Kier molecular flexibility index (Phi) is 4.13. The van der Waals surface area contributed by atoms with Gasteiger partial charge in [0.2, 0.25) is 0 Å². The second kappa shape index (κ2) is 5.86. The van der Waals surface area contributed by atoms with Crippen molar-refractivity contribution in [3.05, 3.63) is 16.5 Å². The summed E-state index contributed by atoms with van der Waals surface area (Å²) in [5, 5.41) is 0.549. The molecule has 3 rings (SSSR count). The van der Waals surface area contributed by atoms with Gasteiger partial charge in [-0.05, 0) is 46.2 Å². The summed E-state index contributed by atoms with van der Waals surface area (Å²) in [5.41, 5.74) is 1.90. The molecule has 1 atom stereocenters. The normalized spacial score (nSPS) is 24.4. The van der Waals surface area contributed by atoms with Gasteiger partial charge < -0.3 is 4.90 Å². The van der Waals surface area contributed by atoms with E-state index in [9.17, 15) is 0 Å². The Labute approximate surface area is 126 Å². The zero-order chi connectivity index (χ0) is 14.1. The molecule has 0 aliphatic carbocycles. The molecule has 0 spiro atoms. The predicted molar refractivity (Wildman–Crippen MR) is 82.6 cm³/mol. The number of aromatic nitrogens is 2. The lowest BCUT2D eigenvalue weighted by molar-refractivity contribution is 0.175. The molecule has 2 aliphatic rings. The van der Waals surface area contributed by atoms with Crippen molar-refractivity contribution in [1.29, 1.82) is 0 Å². The summed E-state index contributed by atoms with van der Waals surface area (Å²) in [4.78, 5) is 14.0. The van der Waals surface area contributed by atoms with E-state index in [1.807, 2.05) is 13.8 Å². The van der Waals surface area contributed by atoms with Crippen molar-refractivity contribution < 1.29 is 0 Å². The van der Waals surface area contributed by atoms with E-state index in [2.05, 4.69) is 19.8 Å². The summed E-state index contributed by atoms with van der Waals surface area (Å²) in [6.07, 6.45) is 5.30. The molecule has 5 heteroatoms. The maximum Gasteiger partial charge on any atom is 0.171 e. The largest absolute Gasteiger partial charge is 0.352 e. The van der Waals surface area contributed by atoms with Crippen LogP contribution in [0.3, 0.4) is 0 Å². The van der Waals surface area contributed by atoms with E-state index in [4.69, 9.17) is 11.6 Å². The van der Waals surface area contributed by atoms with Gasteiger partial charge in [0, 0.05) is 19.1 Å². The van der Waals surface area contributed by atoms with E-state index in [1.165, 1.54) is 38.8 Å². The van der Waals surface area contributed by atoms with Crippen LogP contribution < -0.4 is 4.90 Å². The lowest BCUT2D eigenvalue weighted by atomic mass is 10.1. The Balaban J connectivity index is 1.72. The summed E-state index contributed by atoms with van der Waals surface area (Å²) in [7, 11) is 0. The van der Waals surface area contributed by atoms with Crippen LogP contribution in [0.25, 0.3) is 0 Å². The quantitative estimate of drug-likeness (QED) is 0.839. The minimum absolute atomic E-state index is 0.549. The topological polar surface area (TPSA) is 32.3 Å². The zero-order valence-electron chi connectivity index (χ0n) is 12.4. The van der Waals surface area contributed by atoms with E-state index in [0.717, 1.165) is 30.3 Å². The first-order chi connectivity index (χ1) is 9.65. The highest BCUT2D eigenvalue weighted by Crippen LogP contribution is 2.28. The van der Waals surface area contributed by atoms with Gasteiger partial charge in [0.25, 0.3) is 0 Å². The van der Waals surface area contributed by atoms with Gasteiger partial charge in [-0.3, -0.25) is 4.90 Å². The van der Waals surface area contributed by atoms with Crippen molar-refractivity contribution in [2.45, 2.75) is 45.6 Å². The second-order valence-corrected chi connectivity index (χ2v) is 6.35. The van der Waals surface area contributed by atoms with E-state index < -0.39 is 0 Å². The van der Waals surface area contributed by atoms with Crippen LogP contribution >= 0.6 is 11.6 Å². The molecule has 2 fully saturated rings. The molecule has 2 saturated heterocycles. The molecule has 20 heavy (non-hydrogen) atoms. The van der Waals surface area contributed by atoms with Crippen LogP contribution in [-0.2, 0) is 0 Å². The average Bonchev–Trinajstić information content (AvgIpc) is 2.93. The number of hydrogen-bond donors (Lipinski definition) is 0. The Morgan fingerprint density at radius 3 is 2.45 bits per heavy atom. The molecule has 0 aromatic carbocycles. The van der Waals surface area contributed by atoms with Crippen molar-refractivity contribution >= 4 is 17.4 Å². The van der Waals surface area contributed by atoms with Crippen LogP contribution in [-0.4, -0.2) is 47.1 Å². The standard InChI is InChI=1S/C15H23ClN4/c1-11-12(2)18-15(14(16)17-11)20-9-6-13(10-20)19-7-4-3-5-8-19/h13H,3-10H2,1-2H3. The molecule has 0 amide bonds. The Hall–Kier alpha value is -0.870. The van der Waals surface area contributed by atoms with Crippen molar-refractivity contribution in [3.63, 3.8) is 0 Å². The molecule has 0 saturated carbocycles. The average molecular weight is 295 g/mol. The fourth-order valence-electron chi connectivity index (χ4n) is 3.28.